The molecule has 0 aliphatic heterocycles. The second-order valence-electron chi connectivity index (χ2n) is 7.00. The highest BCUT2D eigenvalue weighted by molar-refractivity contribution is 6.92. The summed E-state index contributed by atoms with van der Waals surface area (Å²) in [5.74, 6) is 0. The van der Waals surface area contributed by atoms with Crippen LogP contribution in [0.1, 0.15) is 22.3 Å². The molecule has 2 aromatic rings. The van der Waals surface area contributed by atoms with Gasteiger partial charge in [0, 0.05) is 10.0 Å². The zero-order chi connectivity index (χ0) is 16.2. The van der Waals surface area contributed by atoms with Crippen molar-refractivity contribution in [1.29, 1.82) is 0 Å². The van der Waals surface area contributed by atoms with E-state index in [9.17, 15) is 0 Å². The van der Waals surface area contributed by atoms with Gasteiger partial charge < -0.3 is 0 Å². The molecule has 0 aromatic heterocycles. The third-order valence-corrected chi connectivity index (χ3v) is 9.57. The normalized spacial score (nSPS) is 16.0. The lowest BCUT2D eigenvalue weighted by Gasteiger charge is -2.26. The highest BCUT2D eigenvalue weighted by atomic mass is 35.5. The first-order chi connectivity index (χ1) is 10.9. The van der Waals surface area contributed by atoms with Crippen LogP contribution in [0.4, 0.5) is 0 Å². The number of hydrogen-bond acceptors (Lipinski definition) is 0. The van der Waals surface area contributed by atoms with E-state index in [2.05, 4.69) is 49.5 Å². The molecule has 0 unspecified atom stereocenters. The third-order valence-electron chi connectivity index (χ3n) is 5.24. The molecule has 0 spiro atoms. The van der Waals surface area contributed by atoms with Crippen molar-refractivity contribution >= 4 is 43.4 Å². The molecule has 0 heterocycles. The van der Waals surface area contributed by atoms with Gasteiger partial charge in [-0.15, -0.1) is 0 Å². The van der Waals surface area contributed by atoms with Crippen LogP contribution in [-0.2, 0) is 12.8 Å². The van der Waals surface area contributed by atoms with E-state index in [0.717, 1.165) is 22.9 Å². The molecular weight excluding hydrogens is 339 g/mol. The minimum Gasteiger partial charge on any atom is -0.0843 e. The fourth-order valence-electron chi connectivity index (χ4n) is 3.62. The van der Waals surface area contributed by atoms with Gasteiger partial charge in [-0.3, -0.25) is 0 Å². The van der Waals surface area contributed by atoms with E-state index in [1.165, 1.54) is 22.3 Å². The van der Waals surface area contributed by atoms with Gasteiger partial charge in [0.15, 0.2) is 0 Å². The highest BCUT2D eigenvalue weighted by Crippen LogP contribution is 2.40. The van der Waals surface area contributed by atoms with E-state index < -0.39 is 8.07 Å². The van der Waals surface area contributed by atoms with Crippen molar-refractivity contribution in [3.8, 4) is 0 Å². The fourth-order valence-corrected chi connectivity index (χ4v) is 6.69. The molecule has 0 bridgehead atoms. The van der Waals surface area contributed by atoms with Crippen LogP contribution in [0.5, 0.6) is 0 Å². The molecule has 23 heavy (non-hydrogen) atoms. The van der Waals surface area contributed by atoms with Crippen molar-refractivity contribution in [2.45, 2.75) is 25.9 Å². The standard InChI is InChI=1S/C20H18Cl2Si/c1-23(2,19-9-13-3-5-17(21)7-15(13)11-19)20-10-14-4-6-18(22)8-16(14)12-20/h3-8,11-12H,9-10H2,1-2H3. The Hall–Kier alpha value is -1.28. The van der Waals surface area contributed by atoms with Crippen LogP contribution in [0, 0.1) is 0 Å². The summed E-state index contributed by atoms with van der Waals surface area (Å²) in [7, 11) is -1.63. The van der Waals surface area contributed by atoms with Gasteiger partial charge in [0.25, 0.3) is 0 Å². The van der Waals surface area contributed by atoms with Crippen LogP contribution < -0.4 is 0 Å². The minimum atomic E-state index is -1.63. The Morgan fingerprint density at radius 1 is 0.739 bits per heavy atom. The zero-order valence-corrected chi connectivity index (χ0v) is 15.8. The predicted octanol–water partition coefficient (Wildman–Crippen LogP) is 6.36. The molecule has 0 saturated heterocycles. The molecule has 0 saturated carbocycles. The van der Waals surface area contributed by atoms with Gasteiger partial charge in [0.1, 0.15) is 8.07 Å². The largest absolute Gasteiger partial charge is 0.103 e. The molecule has 0 N–H and O–H groups in total. The first-order valence-corrected chi connectivity index (χ1v) is 11.7. The molecule has 0 radical (unpaired) electrons. The van der Waals surface area contributed by atoms with Crippen LogP contribution in [0.3, 0.4) is 0 Å². The van der Waals surface area contributed by atoms with Crippen molar-refractivity contribution < 1.29 is 0 Å². The van der Waals surface area contributed by atoms with Crippen molar-refractivity contribution in [1.82, 2.24) is 0 Å². The van der Waals surface area contributed by atoms with Crippen molar-refractivity contribution in [2.24, 2.45) is 0 Å². The Morgan fingerprint density at radius 2 is 1.17 bits per heavy atom. The number of rotatable bonds is 2. The number of benzene rings is 2. The third kappa shape index (κ3) is 2.61. The SMILES string of the molecule is C[Si](C)(C1=Cc2cc(Cl)ccc2C1)C1=Cc2cc(Cl)ccc2C1. The summed E-state index contributed by atoms with van der Waals surface area (Å²) in [6, 6.07) is 12.5. The van der Waals surface area contributed by atoms with Gasteiger partial charge in [0.2, 0.25) is 0 Å². The summed E-state index contributed by atoms with van der Waals surface area (Å²) in [5, 5.41) is 4.84. The first kappa shape index (κ1) is 15.3. The Balaban J connectivity index is 1.68. The lowest BCUT2D eigenvalue weighted by Crippen LogP contribution is -2.32. The Labute approximate surface area is 148 Å². The van der Waals surface area contributed by atoms with Gasteiger partial charge in [-0.2, -0.15) is 0 Å². The number of halogens is 2. The van der Waals surface area contributed by atoms with Crippen LogP contribution >= 0.6 is 23.2 Å². The molecule has 116 valence electrons. The molecule has 3 heteroatoms. The van der Waals surface area contributed by atoms with E-state index in [4.69, 9.17) is 23.2 Å². The minimum absolute atomic E-state index is 0.822. The Kier molecular flexibility index (Phi) is 3.56. The lowest BCUT2D eigenvalue weighted by molar-refractivity contribution is 1.22. The predicted molar refractivity (Wildman–Crippen MR) is 104 cm³/mol. The molecule has 0 fully saturated rings. The van der Waals surface area contributed by atoms with Crippen LogP contribution in [0.15, 0.2) is 46.8 Å². The molecule has 2 aliphatic carbocycles. The van der Waals surface area contributed by atoms with E-state index >= 15 is 0 Å². The molecule has 2 aliphatic rings. The van der Waals surface area contributed by atoms with Crippen molar-refractivity contribution in [3.63, 3.8) is 0 Å². The van der Waals surface area contributed by atoms with Crippen molar-refractivity contribution in [2.75, 3.05) is 0 Å². The van der Waals surface area contributed by atoms with Gasteiger partial charge in [-0.25, -0.2) is 0 Å². The van der Waals surface area contributed by atoms with Crippen LogP contribution in [0.2, 0.25) is 23.1 Å². The Morgan fingerprint density at radius 3 is 1.61 bits per heavy atom. The molecular formula is C20H18Cl2Si. The molecule has 0 atom stereocenters. The van der Waals surface area contributed by atoms with Gasteiger partial charge >= 0.3 is 0 Å². The number of allylic oxidation sites excluding steroid dienone is 2. The molecule has 0 nitrogen and oxygen atoms in total. The first-order valence-electron chi connectivity index (χ1n) is 7.92. The smallest absolute Gasteiger partial charge is 0.0843 e. The monoisotopic (exact) mass is 356 g/mol. The second-order valence-corrected chi connectivity index (χ2v) is 12.4. The summed E-state index contributed by atoms with van der Waals surface area (Å²) in [6.45, 7) is 4.93. The molecule has 2 aromatic carbocycles. The fraction of sp³-hybridized carbons (Fsp3) is 0.200. The topological polar surface area (TPSA) is 0 Å². The molecule has 0 amide bonds. The average Bonchev–Trinajstić information content (AvgIpc) is 3.10. The maximum absolute atomic E-state index is 6.15. The average molecular weight is 357 g/mol. The summed E-state index contributed by atoms with van der Waals surface area (Å²) in [5.41, 5.74) is 5.41. The maximum Gasteiger partial charge on any atom is 0.103 e. The van der Waals surface area contributed by atoms with E-state index in [1.807, 2.05) is 12.1 Å². The van der Waals surface area contributed by atoms with Gasteiger partial charge in [-0.05, 0) is 59.4 Å². The van der Waals surface area contributed by atoms with E-state index in [1.54, 1.807) is 10.4 Å². The van der Waals surface area contributed by atoms with E-state index in [-0.39, 0.29) is 0 Å². The Bertz CT molecular complexity index is 804. The molecule has 4 rings (SSSR count). The van der Waals surface area contributed by atoms with Crippen LogP contribution in [-0.4, -0.2) is 8.07 Å². The summed E-state index contributed by atoms with van der Waals surface area (Å²) < 4.78 is 0. The van der Waals surface area contributed by atoms with E-state index in [0.29, 0.717) is 0 Å². The quantitative estimate of drug-likeness (QED) is 0.549. The number of fused-ring (bicyclic) bond motifs is 2. The second kappa shape index (κ2) is 5.37. The summed E-state index contributed by atoms with van der Waals surface area (Å²) in [6.07, 6.45) is 6.90. The van der Waals surface area contributed by atoms with Crippen molar-refractivity contribution in [3.05, 3.63) is 79.1 Å². The van der Waals surface area contributed by atoms with Gasteiger partial charge in [-0.1, -0.05) is 71.0 Å². The highest BCUT2D eigenvalue weighted by Gasteiger charge is 2.35. The lowest BCUT2D eigenvalue weighted by atomic mass is 10.1. The number of hydrogen-bond donors (Lipinski definition) is 0. The maximum atomic E-state index is 6.15. The van der Waals surface area contributed by atoms with Crippen LogP contribution in [0.25, 0.3) is 12.2 Å². The summed E-state index contributed by atoms with van der Waals surface area (Å²) in [4.78, 5) is 0. The summed E-state index contributed by atoms with van der Waals surface area (Å²) >= 11 is 12.3. The zero-order valence-electron chi connectivity index (χ0n) is 13.3. The van der Waals surface area contributed by atoms with Gasteiger partial charge in [0.05, 0.1) is 0 Å².